The molecule has 3 aliphatic rings. The van der Waals surface area contributed by atoms with E-state index in [4.69, 9.17) is 45.3 Å². The molecule has 6 amide bonds. The van der Waals surface area contributed by atoms with Gasteiger partial charge in [-0.2, -0.15) is 0 Å². The highest BCUT2D eigenvalue weighted by Gasteiger charge is 2.46. The van der Waals surface area contributed by atoms with Gasteiger partial charge in [-0.25, -0.2) is 14.4 Å². The van der Waals surface area contributed by atoms with Crippen LogP contribution in [0.2, 0.25) is 5.02 Å². The number of rotatable bonds is 19. The number of ether oxygens (including phenoxy) is 5. The molecule has 4 heterocycles. The number of hydrogen-bond donors (Lipinski definition) is 2. The molecule has 0 radical (unpaired) electrons. The fraction of sp³-hybridized carbons (Fsp3) is 0.300. The van der Waals surface area contributed by atoms with Gasteiger partial charge in [0, 0.05) is 73.3 Å². The molecule has 4 aromatic carbocycles. The topological polar surface area (TPSA) is 220 Å². The fourth-order valence-electron chi connectivity index (χ4n) is 8.19. The number of nitrogens with zero attached hydrogens (tertiary/aromatic N) is 6. The Labute approximate surface area is 411 Å². The Morgan fingerprint density at radius 2 is 1.56 bits per heavy atom. The largest absolute Gasteiger partial charge is 0.496 e. The van der Waals surface area contributed by atoms with Crippen LogP contribution in [-0.4, -0.2) is 146 Å². The van der Waals surface area contributed by atoms with Gasteiger partial charge >= 0.3 is 0 Å². The number of hydrogen-bond acceptors (Lipinski definition) is 15. The Kier molecular flexibility index (Phi) is 15.3. The van der Waals surface area contributed by atoms with Crippen LogP contribution in [0.1, 0.15) is 60.6 Å². The van der Waals surface area contributed by atoms with Gasteiger partial charge in [0.15, 0.2) is 6.61 Å². The Morgan fingerprint density at radius 3 is 2.31 bits per heavy atom. The molecule has 1 fully saturated rings. The maximum absolute atomic E-state index is 15.3. The molecule has 0 aliphatic carbocycles. The number of aromatic nitrogens is 2. The van der Waals surface area contributed by atoms with E-state index in [1.165, 1.54) is 48.3 Å². The first-order chi connectivity index (χ1) is 34.3. The van der Waals surface area contributed by atoms with E-state index in [2.05, 4.69) is 15.6 Å². The Hall–Kier alpha value is -7.81. The summed E-state index contributed by atoms with van der Waals surface area (Å²) >= 11 is 6.46. The first-order valence-corrected chi connectivity index (χ1v) is 22.8. The molecule has 19 nitrogen and oxygen atoms in total. The van der Waals surface area contributed by atoms with E-state index >= 15 is 4.39 Å². The molecule has 1 aromatic heterocycles. The van der Waals surface area contributed by atoms with Crippen LogP contribution in [0.5, 0.6) is 17.2 Å². The number of likely N-dealkylation sites (N-methyl/N-ethyl adjacent to an activating group) is 2. The molecule has 368 valence electrons. The summed E-state index contributed by atoms with van der Waals surface area (Å²) in [6, 6.07) is 18.2. The molecule has 2 N–H and O–H groups in total. The zero-order valence-electron chi connectivity index (χ0n) is 39.1. The maximum atomic E-state index is 15.3. The zero-order chi connectivity index (χ0) is 50.3. The van der Waals surface area contributed by atoms with E-state index in [1.807, 2.05) is 6.07 Å². The highest BCUT2D eigenvalue weighted by Crippen LogP contribution is 2.37. The van der Waals surface area contributed by atoms with E-state index in [9.17, 15) is 28.8 Å². The number of aliphatic imine (C=N–C) groups is 1. The second-order valence-electron chi connectivity index (χ2n) is 16.5. The summed E-state index contributed by atoms with van der Waals surface area (Å²) in [5.41, 5.74) is 4.00. The third-order valence-corrected chi connectivity index (χ3v) is 12.2. The van der Waals surface area contributed by atoms with Gasteiger partial charge in [-0.3, -0.25) is 44.0 Å². The van der Waals surface area contributed by atoms with Gasteiger partial charge in [-0.15, -0.1) is 0 Å². The second-order valence-corrected chi connectivity index (χ2v) is 16.9. The molecule has 5 aromatic rings. The maximum Gasteiger partial charge on any atom is 0.266 e. The number of anilines is 2. The molecule has 0 saturated carbocycles. The van der Waals surface area contributed by atoms with Gasteiger partial charge in [0.1, 0.15) is 29.1 Å². The monoisotopic (exact) mass is 990 g/mol. The number of carbonyl (C=O) groups excluding carboxylic acids is 6. The number of amides is 6. The fourth-order valence-corrected chi connectivity index (χ4v) is 8.36. The van der Waals surface area contributed by atoms with Gasteiger partial charge in [0.2, 0.25) is 17.8 Å². The summed E-state index contributed by atoms with van der Waals surface area (Å²) in [6.07, 6.45) is 1.66. The number of benzene rings is 4. The normalized spacial score (nSPS) is 14.9. The number of imide groups is 2. The highest BCUT2D eigenvalue weighted by atomic mass is 35.5. The predicted octanol–water partition coefficient (Wildman–Crippen LogP) is 5.09. The number of methoxy groups -OCH3 is 2. The van der Waals surface area contributed by atoms with Crippen molar-refractivity contribution in [2.24, 2.45) is 4.99 Å². The molecular weight excluding hydrogens is 943 g/mol. The highest BCUT2D eigenvalue weighted by molar-refractivity contribution is 6.32. The van der Waals surface area contributed by atoms with Crippen LogP contribution in [0.3, 0.4) is 0 Å². The Balaban J connectivity index is 0.776. The summed E-state index contributed by atoms with van der Waals surface area (Å²) in [5, 5.41) is 5.80. The minimum Gasteiger partial charge on any atom is -0.496 e. The van der Waals surface area contributed by atoms with E-state index in [1.54, 1.807) is 62.8 Å². The van der Waals surface area contributed by atoms with Crippen molar-refractivity contribution in [1.29, 1.82) is 0 Å². The van der Waals surface area contributed by atoms with Crippen LogP contribution in [0.25, 0.3) is 11.3 Å². The van der Waals surface area contributed by atoms with Crippen LogP contribution in [-0.2, 0) is 30.4 Å². The van der Waals surface area contributed by atoms with E-state index < -0.39 is 48.0 Å². The molecular formula is C50H48ClFN8O11. The number of nitrogens with one attached hydrogen (secondary N) is 2. The van der Waals surface area contributed by atoms with Crippen molar-refractivity contribution in [2.75, 3.05) is 79.8 Å². The van der Waals surface area contributed by atoms with Gasteiger partial charge in [0.25, 0.3) is 23.6 Å². The zero-order valence-corrected chi connectivity index (χ0v) is 39.8. The molecule has 1 saturated heterocycles. The lowest BCUT2D eigenvalue weighted by Crippen LogP contribution is -2.54. The lowest BCUT2D eigenvalue weighted by Gasteiger charge is -2.27. The van der Waals surface area contributed by atoms with E-state index in [0.717, 1.165) is 4.90 Å². The third kappa shape index (κ3) is 10.7. The molecule has 8 rings (SSSR count). The molecule has 21 heteroatoms. The van der Waals surface area contributed by atoms with Gasteiger partial charge in [-0.05, 0) is 55.0 Å². The predicted molar refractivity (Wildman–Crippen MR) is 256 cm³/mol. The number of carbonyl (C=O) groups is 6. The van der Waals surface area contributed by atoms with Crippen molar-refractivity contribution in [3.05, 3.63) is 123 Å². The lowest BCUT2D eigenvalue weighted by atomic mass is 9.94. The first kappa shape index (κ1) is 49.6. The smallest absolute Gasteiger partial charge is 0.266 e. The summed E-state index contributed by atoms with van der Waals surface area (Å²) in [7, 11) is 6.15. The van der Waals surface area contributed by atoms with Gasteiger partial charge < -0.3 is 38.8 Å². The summed E-state index contributed by atoms with van der Waals surface area (Å²) in [5.74, 6) is -2.90. The quantitative estimate of drug-likeness (QED) is 0.0814. The van der Waals surface area contributed by atoms with Crippen molar-refractivity contribution in [1.82, 2.24) is 30.0 Å². The van der Waals surface area contributed by atoms with Crippen molar-refractivity contribution >= 4 is 64.4 Å². The molecule has 1 atom stereocenters. The summed E-state index contributed by atoms with van der Waals surface area (Å²) < 4.78 is 43.5. The third-order valence-electron chi connectivity index (χ3n) is 12.0. The van der Waals surface area contributed by atoms with Crippen molar-refractivity contribution in [2.45, 2.75) is 25.4 Å². The minimum atomic E-state index is -1.13. The van der Waals surface area contributed by atoms with Crippen LogP contribution < -0.4 is 24.8 Å². The van der Waals surface area contributed by atoms with E-state index in [-0.39, 0.29) is 93.2 Å². The molecule has 71 heavy (non-hydrogen) atoms. The first-order valence-electron chi connectivity index (χ1n) is 22.4. The van der Waals surface area contributed by atoms with Crippen molar-refractivity contribution in [3.63, 3.8) is 0 Å². The van der Waals surface area contributed by atoms with Crippen molar-refractivity contribution < 1.29 is 56.8 Å². The molecule has 3 aliphatic heterocycles. The van der Waals surface area contributed by atoms with E-state index in [0.29, 0.717) is 55.9 Å². The molecule has 0 bridgehead atoms. The summed E-state index contributed by atoms with van der Waals surface area (Å²) in [6.45, 7) is 1.09. The number of halogens is 2. The summed E-state index contributed by atoms with van der Waals surface area (Å²) in [4.78, 5) is 94.7. The number of piperidine rings is 1. The van der Waals surface area contributed by atoms with Gasteiger partial charge in [0.05, 0.1) is 80.9 Å². The minimum absolute atomic E-state index is 0.0109. The molecule has 0 spiro atoms. The standard InChI is InChI=1S/C50H48ClFN8O11/c1-58(41(62)27-71-38-10-5-7-33-42(38)49(66)60(48(33)65)36-15-16-40(61)56-46(36)63)17-19-69-21-22-70-20-18-59(2)47(64)32-14-12-30(24-39(32)68-4)55-50-54-26-28-25-53-45(43-35(52)8-6-9-37(43)67-3)34-23-29(51)11-13-31(34)44(28)57-50/h5-14,23-24,26,36H,15-22,25,27H2,1-4H3,(H,54,55,57)(H,56,61,63). The van der Waals surface area contributed by atoms with Crippen LogP contribution in [0.4, 0.5) is 16.0 Å². The SMILES string of the molecule is COc1cc(Nc2ncc3c(n2)-c2ccc(Cl)cc2C(c2c(F)cccc2OC)=NC3)ccc1C(=O)N(C)CCOCCOCCN(C)C(=O)COc1cccc2c1C(=O)N(C1CCC(=O)NC1=O)C2=O. The molecule has 1 unspecified atom stereocenters. The Morgan fingerprint density at radius 1 is 0.831 bits per heavy atom. The average Bonchev–Trinajstić information content (AvgIpc) is 3.51. The lowest BCUT2D eigenvalue weighted by molar-refractivity contribution is -0.136. The van der Waals surface area contributed by atoms with Crippen LogP contribution in [0.15, 0.2) is 84.0 Å². The van der Waals surface area contributed by atoms with Crippen LogP contribution >= 0.6 is 11.6 Å². The second kappa shape index (κ2) is 21.9. The van der Waals surface area contributed by atoms with Crippen LogP contribution in [0, 0.1) is 5.82 Å². The van der Waals surface area contributed by atoms with Crippen molar-refractivity contribution in [3.8, 4) is 28.5 Å². The Bertz CT molecular complexity index is 2970. The number of fused-ring (bicyclic) bond motifs is 4. The average molecular weight is 991 g/mol. The van der Waals surface area contributed by atoms with Gasteiger partial charge in [-0.1, -0.05) is 29.8 Å².